The standard InChI is InChI=1S/C25H26BrN3O6S/c1-17(30)28-11-8-19-13-20(26)14-21(25(19)28)36(34,35)12-9-22(31)27-15-23(32)29(24(33)16-27)10-7-18-5-3-2-4-6-18/h2-6,13-14H,7-12,15-16H2,1H3. The first kappa shape index (κ1) is 26.0. The van der Waals surface area contributed by atoms with E-state index in [1.807, 2.05) is 30.3 Å². The van der Waals surface area contributed by atoms with Crippen molar-refractivity contribution in [1.29, 1.82) is 0 Å². The van der Waals surface area contributed by atoms with E-state index in [1.54, 1.807) is 6.07 Å². The molecule has 0 spiro atoms. The number of hydrogen-bond acceptors (Lipinski definition) is 6. The van der Waals surface area contributed by atoms with Gasteiger partial charge in [0.05, 0.1) is 16.3 Å². The Morgan fingerprint density at radius 3 is 2.33 bits per heavy atom. The van der Waals surface area contributed by atoms with E-state index in [2.05, 4.69) is 15.9 Å². The van der Waals surface area contributed by atoms with Crippen LogP contribution in [0.4, 0.5) is 5.69 Å². The summed E-state index contributed by atoms with van der Waals surface area (Å²) in [6.45, 7) is 1.44. The van der Waals surface area contributed by atoms with Gasteiger partial charge in [-0.2, -0.15) is 0 Å². The quantitative estimate of drug-likeness (QED) is 0.466. The lowest BCUT2D eigenvalue weighted by atomic mass is 10.1. The van der Waals surface area contributed by atoms with Crippen LogP contribution >= 0.6 is 15.9 Å². The summed E-state index contributed by atoms with van der Waals surface area (Å²) in [4.78, 5) is 53.7. The minimum Gasteiger partial charge on any atom is -0.324 e. The molecule has 2 aromatic carbocycles. The Kier molecular flexibility index (Phi) is 7.60. The largest absolute Gasteiger partial charge is 0.324 e. The lowest BCUT2D eigenvalue weighted by Crippen LogP contribution is -2.56. The first-order valence-corrected chi connectivity index (χ1v) is 14.0. The van der Waals surface area contributed by atoms with Crippen molar-refractivity contribution in [3.05, 3.63) is 58.1 Å². The Labute approximate surface area is 218 Å². The molecule has 4 amide bonds. The molecule has 0 aliphatic carbocycles. The van der Waals surface area contributed by atoms with Crippen LogP contribution in [0.15, 0.2) is 51.8 Å². The summed E-state index contributed by atoms with van der Waals surface area (Å²) in [6.07, 6.45) is 0.668. The molecule has 4 rings (SSSR count). The van der Waals surface area contributed by atoms with Crippen LogP contribution in [0.2, 0.25) is 0 Å². The zero-order valence-electron chi connectivity index (χ0n) is 19.8. The van der Waals surface area contributed by atoms with E-state index in [0.717, 1.165) is 20.9 Å². The second-order valence-corrected chi connectivity index (χ2v) is 11.8. The molecule has 0 unspecified atom stereocenters. The third kappa shape index (κ3) is 5.52. The third-order valence-corrected chi connectivity index (χ3v) is 8.55. The van der Waals surface area contributed by atoms with Crippen molar-refractivity contribution >= 4 is 55.1 Å². The zero-order chi connectivity index (χ0) is 26.0. The Hall–Kier alpha value is -3.05. The highest BCUT2D eigenvalue weighted by Crippen LogP contribution is 2.38. The number of carbonyl (C=O) groups is 4. The van der Waals surface area contributed by atoms with Crippen molar-refractivity contribution in [3.8, 4) is 0 Å². The molecule has 9 nitrogen and oxygen atoms in total. The second-order valence-electron chi connectivity index (χ2n) is 8.83. The fourth-order valence-electron chi connectivity index (χ4n) is 4.51. The van der Waals surface area contributed by atoms with Gasteiger partial charge in [-0.15, -0.1) is 0 Å². The highest BCUT2D eigenvalue weighted by molar-refractivity contribution is 9.10. The molecular formula is C25H26BrN3O6S. The summed E-state index contributed by atoms with van der Waals surface area (Å²) in [5, 5.41) is 0. The van der Waals surface area contributed by atoms with E-state index in [-0.39, 0.29) is 36.9 Å². The Morgan fingerprint density at radius 2 is 1.69 bits per heavy atom. The van der Waals surface area contributed by atoms with Crippen molar-refractivity contribution in [3.63, 3.8) is 0 Å². The summed E-state index contributed by atoms with van der Waals surface area (Å²) >= 11 is 3.33. The van der Waals surface area contributed by atoms with Crippen molar-refractivity contribution in [1.82, 2.24) is 9.80 Å². The minimum absolute atomic E-state index is 0.00902. The molecule has 2 aliphatic heterocycles. The smallest absolute Gasteiger partial charge is 0.248 e. The molecule has 2 aliphatic rings. The SMILES string of the molecule is CC(=O)N1CCc2cc(Br)cc(S(=O)(=O)CCC(=O)N3CC(=O)N(CCc4ccccc4)C(=O)C3)c21. The number of carbonyl (C=O) groups excluding carboxylic acids is 4. The Morgan fingerprint density at radius 1 is 1.03 bits per heavy atom. The van der Waals surface area contributed by atoms with E-state index in [4.69, 9.17) is 0 Å². The number of fused-ring (bicyclic) bond motifs is 1. The van der Waals surface area contributed by atoms with Gasteiger partial charge >= 0.3 is 0 Å². The maximum Gasteiger partial charge on any atom is 0.248 e. The second kappa shape index (κ2) is 10.5. The van der Waals surface area contributed by atoms with Gasteiger partial charge in [0.15, 0.2) is 9.84 Å². The van der Waals surface area contributed by atoms with E-state index in [1.165, 1.54) is 17.9 Å². The lowest BCUT2D eigenvalue weighted by molar-refractivity contribution is -0.156. The molecule has 0 N–H and O–H groups in total. The van der Waals surface area contributed by atoms with Gasteiger partial charge in [-0.25, -0.2) is 8.42 Å². The van der Waals surface area contributed by atoms with Crippen LogP contribution in [0.3, 0.4) is 0 Å². The minimum atomic E-state index is -3.94. The molecule has 0 atom stereocenters. The maximum atomic E-state index is 13.2. The van der Waals surface area contributed by atoms with Crippen molar-refractivity contribution in [2.45, 2.75) is 31.1 Å². The van der Waals surface area contributed by atoms with Crippen LogP contribution in [0.25, 0.3) is 0 Å². The summed E-state index contributed by atoms with van der Waals surface area (Å²) in [5.41, 5.74) is 2.09. The predicted octanol–water partition coefficient (Wildman–Crippen LogP) is 1.96. The van der Waals surface area contributed by atoms with Crippen LogP contribution in [0.5, 0.6) is 0 Å². The molecule has 190 valence electrons. The number of sulfone groups is 1. The number of hydrogen-bond donors (Lipinski definition) is 0. The zero-order valence-corrected chi connectivity index (χ0v) is 22.2. The highest BCUT2D eigenvalue weighted by Gasteiger charge is 2.35. The van der Waals surface area contributed by atoms with Gasteiger partial charge < -0.3 is 9.80 Å². The van der Waals surface area contributed by atoms with Crippen LogP contribution < -0.4 is 4.90 Å². The van der Waals surface area contributed by atoms with Crippen molar-refractivity contribution in [2.75, 3.05) is 36.8 Å². The number of halogens is 1. The number of rotatable bonds is 7. The van der Waals surface area contributed by atoms with Crippen LogP contribution in [0, 0.1) is 0 Å². The molecule has 2 heterocycles. The highest BCUT2D eigenvalue weighted by atomic mass is 79.9. The maximum absolute atomic E-state index is 13.2. The van der Waals surface area contributed by atoms with Gasteiger partial charge in [0.25, 0.3) is 0 Å². The van der Waals surface area contributed by atoms with Crippen molar-refractivity contribution in [2.24, 2.45) is 0 Å². The number of amides is 4. The molecule has 0 aromatic heterocycles. The number of anilines is 1. The fourth-order valence-corrected chi connectivity index (χ4v) is 6.68. The topological polar surface area (TPSA) is 112 Å². The van der Waals surface area contributed by atoms with E-state index < -0.39 is 33.3 Å². The van der Waals surface area contributed by atoms with Gasteiger partial charge in [0.1, 0.15) is 13.1 Å². The molecule has 2 aromatic rings. The summed E-state index contributed by atoms with van der Waals surface area (Å²) < 4.78 is 27.0. The average molecular weight is 576 g/mol. The number of benzene rings is 2. The van der Waals surface area contributed by atoms with Crippen LogP contribution in [-0.4, -0.2) is 73.8 Å². The molecule has 0 bridgehead atoms. The van der Waals surface area contributed by atoms with Gasteiger partial charge in [-0.05, 0) is 36.1 Å². The average Bonchev–Trinajstić information content (AvgIpc) is 3.26. The molecular weight excluding hydrogens is 550 g/mol. The van der Waals surface area contributed by atoms with E-state index in [9.17, 15) is 27.6 Å². The fraction of sp³-hybridized carbons (Fsp3) is 0.360. The van der Waals surface area contributed by atoms with Gasteiger partial charge in [-0.3, -0.25) is 24.1 Å². The van der Waals surface area contributed by atoms with E-state index in [0.29, 0.717) is 29.5 Å². The third-order valence-electron chi connectivity index (χ3n) is 6.37. The summed E-state index contributed by atoms with van der Waals surface area (Å²) in [6, 6.07) is 12.7. The summed E-state index contributed by atoms with van der Waals surface area (Å²) in [7, 11) is -3.94. The first-order chi connectivity index (χ1) is 17.1. The molecule has 11 heteroatoms. The van der Waals surface area contributed by atoms with Crippen LogP contribution in [-0.2, 0) is 41.9 Å². The monoisotopic (exact) mass is 575 g/mol. The molecule has 1 fully saturated rings. The lowest BCUT2D eigenvalue weighted by Gasteiger charge is -2.32. The van der Waals surface area contributed by atoms with Crippen molar-refractivity contribution < 1.29 is 27.6 Å². The Bertz CT molecular complexity index is 1310. The summed E-state index contributed by atoms with van der Waals surface area (Å²) in [5.74, 6) is -2.32. The normalized spacial score (nSPS) is 15.9. The molecule has 36 heavy (non-hydrogen) atoms. The molecule has 0 saturated carbocycles. The van der Waals surface area contributed by atoms with E-state index >= 15 is 0 Å². The van der Waals surface area contributed by atoms with Crippen LogP contribution in [0.1, 0.15) is 24.5 Å². The van der Waals surface area contributed by atoms with Gasteiger partial charge in [0, 0.05) is 30.9 Å². The predicted molar refractivity (Wildman–Crippen MR) is 136 cm³/mol. The Balaban J connectivity index is 1.41. The first-order valence-electron chi connectivity index (χ1n) is 11.5. The number of piperazine rings is 1. The molecule has 0 radical (unpaired) electrons. The van der Waals surface area contributed by atoms with Gasteiger partial charge in [0.2, 0.25) is 23.6 Å². The van der Waals surface area contributed by atoms with Gasteiger partial charge in [-0.1, -0.05) is 46.3 Å². The molecule has 1 saturated heterocycles. The number of imide groups is 1. The number of nitrogens with zero attached hydrogens (tertiary/aromatic N) is 3.